The van der Waals surface area contributed by atoms with Gasteiger partial charge in [0, 0.05) is 17.7 Å². The van der Waals surface area contributed by atoms with Crippen molar-refractivity contribution in [3.63, 3.8) is 0 Å². The molecule has 2 heterocycles. The van der Waals surface area contributed by atoms with E-state index in [9.17, 15) is 0 Å². The van der Waals surface area contributed by atoms with Gasteiger partial charge in [0.2, 0.25) is 0 Å². The Balaban J connectivity index is 1.59. The van der Waals surface area contributed by atoms with Crippen LogP contribution in [0.15, 0.2) is 78.9 Å². The molecule has 25 heavy (non-hydrogen) atoms. The lowest BCUT2D eigenvalue weighted by Gasteiger charge is -2.15. The van der Waals surface area contributed by atoms with E-state index in [1.165, 1.54) is 22.3 Å². The van der Waals surface area contributed by atoms with Crippen molar-refractivity contribution in [1.82, 2.24) is 14.8 Å². The van der Waals surface area contributed by atoms with Crippen molar-refractivity contribution in [1.29, 1.82) is 0 Å². The third-order valence-electron chi connectivity index (χ3n) is 4.75. The van der Waals surface area contributed by atoms with Crippen LogP contribution in [-0.2, 0) is 13.0 Å². The summed E-state index contributed by atoms with van der Waals surface area (Å²) in [7, 11) is 0. The van der Waals surface area contributed by atoms with Gasteiger partial charge in [-0.15, -0.1) is 0 Å². The Morgan fingerprint density at radius 3 is 2.40 bits per heavy atom. The summed E-state index contributed by atoms with van der Waals surface area (Å²) in [4.78, 5) is 4.85. The van der Waals surface area contributed by atoms with Crippen LogP contribution in [0, 0.1) is 0 Å². The normalized spacial score (nSPS) is 12.5. The van der Waals surface area contributed by atoms with Gasteiger partial charge in [-0.05, 0) is 29.2 Å². The summed E-state index contributed by atoms with van der Waals surface area (Å²) in [5, 5.41) is 4.76. The van der Waals surface area contributed by atoms with E-state index < -0.39 is 0 Å². The van der Waals surface area contributed by atoms with E-state index in [1.54, 1.807) is 0 Å². The van der Waals surface area contributed by atoms with Crippen molar-refractivity contribution in [3.8, 4) is 33.9 Å². The Kier molecular flexibility index (Phi) is 3.23. The van der Waals surface area contributed by atoms with Gasteiger partial charge < -0.3 is 0 Å². The molecular weight excluding hydrogens is 306 g/mol. The van der Waals surface area contributed by atoms with Gasteiger partial charge >= 0.3 is 0 Å². The fourth-order valence-corrected chi connectivity index (χ4v) is 3.47. The SMILES string of the molecule is c1ccc(-c2cccc(-c3nc4n(n3)CCc3ccccc3-4)c2)cc1. The average molecular weight is 323 g/mol. The van der Waals surface area contributed by atoms with Crippen LogP contribution >= 0.6 is 0 Å². The minimum atomic E-state index is 0.796. The van der Waals surface area contributed by atoms with Crippen molar-refractivity contribution in [2.24, 2.45) is 0 Å². The second-order valence-electron chi connectivity index (χ2n) is 6.34. The lowest BCUT2D eigenvalue weighted by Crippen LogP contribution is -2.11. The highest BCUT2D eigenvalue weighted by atomic mass is 15.3. The number of aryl methyl sites for hydroxylation is 2. The standard InChI is InChI=1S/C22H17N3/c1-2-7-16(8-3-1)18-10-6-11-19(15-18)21-23-22-20-12-5-4-9-17(20)13-14-25(22)24-21/h1-12,15H,13-14H2. The number of benzene rings is 3. The number of rotatable bonds is 2. The van der Waals surface area contributed by atoms with Crippen LogP contribution in [0.25, 0.3) is 33.9 Å². The Bertz CT molecular complexity index is 1050. The molecule has 120 valence electrons. The molecule has 4 aromatic rings. The van der Waals surface area contributed by atoms with Gasteiger partial charge in [-0.1, -0.05) is 72.8 Å². The number of hydrogen-bond donors (Lipinski definition) is 0. The molecule has 1 aliphatic heterocycles. The molecule has 0 atom stereocenters. The zero-order valence-electron chi connectivity index (χ0n) is 13.8. The third-order valence-corrected chi connectivity index (χ3v) is 4.75. The van der Waals surface area contributed by atoms with Crippen LogP contribution in [0.3, 0.4) is 0 Å². The van der Waals surface area contributed by atoms with E-state index in [0.29, 0.717) is 0 Å². The molecule has 0 spiro atoms. The zero-order valence-corrected chi connectivity index (χ0v) is 13.8. The summed E-state index contributed by atoms with van der Waals surface area (Å²) >= 11 is 0. The lowest BCUT2D eigenvalue weighted by molar-refractivity contribution is 0.607. The van der Waals surface area contributed by atoms with Crippen molar-refractivity contribution < 1.29 is 0 Å². The van der Waals surface area contributed by atoms with E-state index in [1.807, 2.05) is 10.7 Å². The Morgan fingerprint density at radius 1 is 0.720 bits per heavy atom. The van der Waals surface area contributed by atoms with E-state index >= 15 is 0 Å². The Hall–Kier alpha value is -3.20. The van der Waals surface area contributed by atoms with Gasteiger partial charge in [0.15, 0.2) is 11.6 Å². The fraction of sp³-hybridized carbons (Fsp3) is 0.0909. The highest BCUT2D eigenvalue weighted by Gasteiger charge is 2.20. The molecule has 5 rings (SSSR count). The average Bonchev–Trinajstić information content (AvgIpc) is 3.14. The number of fused-ring (bicyclic) bond motifs is 3. The molecule has 0 aliphatic carbocycles. The largest absolute Gasteiger partial charge is 0.245 e. The predicted octanol–water partition coefficient (Wildman–Crippen LogP) is 4.84. The number of aromatic nitrogens is 3. The first-order valence-corrected chi connectivity index (χ1v) is 8.57. The number of hydrogen-bond acceptors (Lipinski definition) is 2. The molecule has 3 aromatic carbocycles. The minimum absolute atomic E-state index is 0.796. The van der Waals surface area contributed by atoms with Gasteiger partial charge in [-0.25, -0.2) is 9.67 Å². The molecule has 0 radical (unpaired) electrons. The van der Waals surface area contributed by atoms with Crippen LogP contribution in [0.4, 0.5) is 0 Å². The van der Waals surface area contributed by atoms with Crippen LogP contribution in [0.5, 0.6) is 0 Å². The molecule has 0 fully saturated rings. The van der Waals surface area contributed by atoms with Gasteiger partial charge in [-0.3, -0.25) is 0 Å². The van der Waals surface area contributed by atoms with E-state index in [-0.39, 0.29) is 0 Å². The van der Waals surface area contributed by atoms with Crippen molar-refractivity contribution in [2.75, 3.05) is 0 Å². The monoisotopic (exact) mass is 323 g/mol. The topological polar surface area (TPSA) is 30.7 Å². The van der Waals surface area contributed by atoms with Gasteiger partial charge in [0.05, 0.1) is 0 Å². The summed E-state index contributed by atoms with van der Waals surface area (Å²) in [5.41, 5.74) is 6.00. The maximum absolute atomic E-state index is 4.85. The van der Waals surface area contributed by atoms with Crippen molar-refractivity contribution >= 4 is 0 Å². The second-order valence-corrected chi connectivity index (χ2v) is 6.34. The van der Waals surface area contributed by atoms with Crippen LogP contribution < -0.4 is 0 Å². The minimum Gasteiger partial charge on any atom is -0.245 e. The molecule has 1 aromatic heterocycles. The predicted molar refractivity (Wildman–Crippen MR) is 100 cm³/mol. The molecular formula is C22H17N3. The first kappa shape index (κ1) is 14.2. The molecule has 3 heteroatoms. The van der Waals surface area contributed by atoms with Crippen LogP contribution in [-0.4, -0.2) is 14.8 Å². The van der Waals surface area contributed by atoms with Gasteiger partial charge in [-0.2, -0.15) is 5.10 Å². The van der Waals surface area contributed by atoms with E-state index in [0.717, 1.165) is 30.2 Å². The Morgan fingerprint density at radius 2 is 1.48 bits per heavy atom. The smallest absolute Gasteiger partial charge is 0.181 e. The van der Waals surface area contributed by atoms with E-state index in [2.05, 4.69) is 72.8 Å². The summed E-state index contributed by atoms with van der Waals surface area (Å²) in [6, 6.07) is 27.4. The first-order valence-electron chi connectivity index (χ1n) is 8.57. The molecule has 0 saturated carbocycles. The maximum atomic E-state index is 4.85. The number of nitrogens with zero attached hydrogens (tertiary/aromatic N) is 3. The Labute approximate surface area is 146 Å². The molecule has 0 unspecified atom stereocenters. The summed E-state index contributed by atoms with van der Waals surface area (Å²) in [5.74, 6) is 1.77. The van der Waals surface area contributed by atoms with Gasteiger partial charge in [0.25, 0.3) is 0 Å². The molecule has 0 bridgehead atoms. The molecule has 1 aliphatic rings. The summed E-state index contributed by atoms with van der Waals surface area (Å²) in [6.07, 6.45) is 1.01. The highest BCUT2D eigenvalue weighted by molar-refractivity contribution is 5.71. The second kappa shape index (κ2) is 5.71. The fourth-order valence-electron chi connectivity index (χ4n) is 3.47. The third kappa shape index (κ3) is 2.45. The molecule has 0 saturated heterocycles. The molecule has 3 nitrogen and oxygen atoms in total. The zero-order chi connectivity index (χ0) is 16.6. The summed E-state index contributed by atoms with van der Waals surface area (Å²) in [6.45, 7) is 0.887. The summed E-state index contributed by atoms with van der Waals surface area (Å²) < 4.78 is 2.03. The van der Waals surface area contributed by atoms with Crippen molar-refractivity contribution in [2.45, 2.75) is 13.0 Å². The lowest BCUT2D eigenvalue weighted by atomic mass is 10.0. The highest BCUT2D eigenvalue weighted by Crippen LogP contribution is 2.30. The van der Waals surface area contributed by atoms with Gasteiger partial charge in [0.1, 0.15) is 0 Å². The molecule has 0 N–H and O–H groups in total. The van der Waals surface area contributed by atoms with Crippen LogP contribution in [0.2, 0.25) is 0 Å². The van der Waals surface area contributed by atoms with Crippen molar-refractivity contribution in [3.05, 3.63) is 84.4 Å². The maximum Gasteiger partial charge on any atom is 0.181 e. The van der Waals surface area contributed by atoms with Crippen LogP contribution in [0.1, 0.15) is 5.56 Å². The first-order chi connectivity index (χ1) is 12.4. The quantitative estimate of drug-likeness (QED) is 0.529. The van der Waals surface area contributed by atoms with E-state index in [4.69, 9.17) is 10.1 Å². The molecule has 0 amide bonds.